The fraction of sp³-hybridized carbons (Fsp3) is 0.348. The molecule has 0 radical (unpaired) electrons. The van der Waals surface area contributed by atoms with Gasteiger partial charge in [0, 0.05) is 18.7 Å². The van der Waals surface area contributed by atoms with Crippen LogP contribution in [0.1, 0.15) is 47.9 Å². The number of para-hydroxylation sites is 1. The Kier molecular flexibility index (Phi) is 7.10. The molecule has 0 saturated carbocycles. The van der Waals surface area contributed by atoms with Crippen LogP contribution in [0.2, 0.25) is 0 Å². The maximum Gasteiger partial charge on any atom is 0.270 e. The highest BCUT2D eigenvalue weighted by Crippen LogP contribution is 2.27. The van der Waals surface area contributed by atoms with E-state index < -0.39 is 40.3 Å². The molecule has 1 aliphatic rings. The van der Waals surface area contributed by atoms with E-state index in [2.05, 4.69) is 0 Å². The largest absolute Gasteiger partial charge is 0.480 e. The zero-order valence-electron chi connectivity index (χ0n) is 18.3. The van der Waals surface area contributed by atoms with Crippen molar-refractivity contribution in [1.29, 1.82) is 0 Å². The number of fused-ring (bicyclic) bond motifs is 1. The van der Waals surface area contributed by atoms with E-state index in [9.17, 15) is 22.8 Å². The van der Waals surface area contributed by atoms with E-state index in [0.717, 1.165) is 4.90 Å². The second kappa shape index (κ2) is 9.62. The van der Waals surface area contributed by atoms with Crippen molar-refractivity contribution in [2.45, 2.75) is 38.2 Å². The number of rotatable bonds is 8. The zero-order valence-corrected chi connectivity index (χ0v) is 19.1. The topological polar surface area (TPSA) is 101 Å². The first kappa shape index (κ1) is 23.6. The van der Waals surface area contributed by atoms with Crippen molar-refractivity contribution in [1.82, 2.24) is 9.21 Å². The number of nitrogens with zero attached hydrogens (tertiary/aromatic N) is 2. The summed E-state index contributed by atoms with van der Waals surface area (Å²) in [4.78, 5) is 39.9. The fourth-order valence-corrected chi connectivity index (χ4v) is 5.06. The molecule has 0 unspecified atom stereocenters. The Balaban J connectivity index is 1.93. The fourth-order valence-electron chi connectivity index (χ4n) is 3.55. The minimum absolute atomic E-state index is 0.0133. The lowest BCUT2D eigenvalue weighted by molar-refractivity contribution is -0.135. The third-order valence-corrected chi connectivity index (χ3v) is 7.39. The highest BCUT2D eigenvalue weighted by Gasteiger charge is 2.36. The van der Waals surface area contributed by atoms with Crippen LogP contribution in [-0.2, 0) is 14.8 Å². The van der Waals surface area contributed by atoms with E-state index in [1.807, 2.05) is 0 Å². The molecule has 8 nitrogen and oxygen atoms in total. The maximum absolute atomic E-state index is 13.0. The van der Waals surface area contributed by atoms with Crippen molar-refractivity contribution in [2.75, 3.05) is 19.6 Å². The first-order chi connectivity index (χ1) is 15.2. The Morgan fingerprint density at radius 3 is 2.38 bits per heavy atom. The average Bonchev–Trinajstić information content (AvgIpc) is 2.90. The number of carbonyl (C=O) groups is 3. The van der Waals surface area contributed by atoms with Crippen LogP contribution in [0.3, 0.4) is 0 Å². The van der Waals surface area contributed by atoms with E-state index >= 15 is 0 Å². The molecule has 2 aromatic carbocycles. The second-order valence-corrected chi connectivity index (χ2v) is 9.22. The molecule has 2 amide bonds. The number of imide groups is 1. The van der Waals surface area contributed by atoms with E-state index in [1.54, 1.807) is 39.0 Å². The molecule has 0 fully saturated rings. The number of ether oxygens (including phenoxy) is 1. The number of Topliss-reactive ketones (excluding diaryl/α,β-unsaturated/α-hetero) is 1. The molecule has 3 rings (SSSR count). The minimum Gasteiger partial charge on any atom is -0.480 e. The van der Waals surface area contributed by atoms with Gasteiger partial charge in [0.25, 0.3) is 11.8 Å². The standard InChI is InChI=1S/C23H26N2O6S/c1-4-20-23(28)25(22(27)18-12-7-8-13-21(18)31-20)15-19(26)16-10-9-11-17(14-16)32(29,30)24(5-2)6-3/h7-14,20H,4-6,15H2,1-3H3/t20-/m0/s1. The van der Waals surface area contributed by atoms with Crippen molar-refractivity contribution in [3.8, 4) is 5.75 Å². The molecule has 170 valence electrons. The summed E-state index contributed by atoms with van der Waals surface area (Å²) in [5.74, 6) is -1.48. The van der Waals surface area contributed by atoms with Gasteiger partial charge in [-0.15, -0.1) is 0 Å². The Hall–Kier alpha value is -3.04. The first-order valence-electron chi connectivity index (χ1n) is 10.5. The SMILES string of the molecule is CC[C@@H]1Oc2ccccc2C(=O)N(CC(=O)c2cccc(S(=O)(=O)N(CC)CC)c2)C1=O. The Morgan fingerprint density at radius 1 is 1.03 bits per heavy atom. The lowest BCUT2D eigenvalue weighted by Crippen LogP contribution is -2.45. The van der Waals surface area contributed by atoms with Crippen molar-refractivity contribution in [3.63, 3.8) is 0 Å². The Morgan fingerprint density at radius 2 is 1.72 bits per heavy atom. The second-order valence-electron chi connectivity index (χ2n) is 7.28. The number of amides is 2. The lowest BCUT2D eigenvalue weighted by Gasteiger charge is -2.21. The van der Waals surface area contributed by atoms with Gasteiger partial charge in [-0.1, -0.05) is 45.0 Å². The molecule has 1 heterocycles. The number of benzene rings is 2. The molecule has 1 atom stereocenters. The molecular formula is C23H26N2O6S. The van der Waals surface area contributed by atoms with Gasteiger partial charge in [0.2, 0.25) is 10.0 Å². The van der Waals surface area contributed by atoms with Crippen LogP contribution in [0.5, 0.6) is 5.75 Å². The molecular weight excluding hydrogens is 432 g/mol. The van der Waals surface area contributed by atoms with Gasteiger partial charge in [0.15, 0.2) is 11.9 Å². The highest BCUT2D eigenvalue weighted by atomic mass is 32.2. The molecule has 2 aromatic rings. The van der Waals surface area contributed by atoms with E-state index in [-0.39, 0.29) is 16.0 Å². The summed E-state index contributed by atoms with van der Waals surface area (Å²) in [6, 6.07) is 12.1. The smallest absolute Gasteiger partial charge is 0.270 e. The summed E-state index contributed by atoms with van der Waals surface area (Å²) in [5.41, 5.74) is 0.299. The van der Waals surface area contributed by atoms with Crippen molar-refractivity contribution in [3.05, 3.63) is 59.7 Å². The van der Waals surface area contributed by atoms with E-state index in [1.165, 1.54) is 34.6 Å². The predicted octanol–water partition coefficient (Wildman–Crippen LogP) is 2.74. The lowest BCUT2D eigenvalue weighted by atomic mass is 10.1. The van der Waals surface area contributed by atoms with Gasteiger partial charge in [-0.2, -0.15) is 4.31 Å². The Bertz CT molecular complexity index is 1140. The van der Waals surface area contributed by atoms with Crippen LogP contribution in [0.15, 0.2) is 53.4 Å². The number of sulfonamides is 1. The predicted molar refractivity (Wildman–Crippen MR) is 118 cm³/mol. The van der Waals surface area contributed by atoms with Gasteiger partial charge in [0.05, 0.1) is 17.0 Å². The average molecular weight is 459 g/mol. The third kappa shape index (κ3) is 4.44. The van der Waals surface area contributed by atoms with E-state index in [0.29, 0.717) is 25.3 Å². The summed E-state index contributed by atoms with van der Waals surface area (Å²) in [5, 5.41) is 0. The summed E-state index contributed by atoms with van der Waals surface area (Å²) in [7, 11) is -3.76. The highest BCUT2D eigenvalue weighted by molar-refractivity contribution is 7.89. The van der Waals surface area contributed by atoms with Crippen molar-refractivity contribution >= 4 is 27.6 Å². The normalized spacial score (nSPS) is 16.5. The minimum atomic E-state index is -3.76. The Labute approximate surface area is 187 Å². The van der Waals surface area contributed by atoms with Crippen LogP contribution in [0.4, 0.5) is 0 Å². The molecule has 9 heteroatoms. The molecule has 0 spiro atoms. The molecule has 0 bridgehead atoms. The van der Waals surface area contributed by atoms with Crippen molar-refractivity contribution in [2.24, 2.45) is 0 Å². The number of ketones is 1. The van der Waals surface area contributed by atoms with Crippen LogP contribution in [0.25, 0.3) is 0 Å². The van der Waals surface area contributed by atoms with Gasteiger partial charge in [-0.05, 0) is 30.7 Å². The molecule has 0 aliphatic carbocycles. The van der Waals surface area contributed by atoms with Gasteiger partial charge in [-0.25, -0.2) is 8.42 Å². The third-order valence-electron chi connectivity index (χ3n) is 5.35. The molecule has 1 aliphatic heterocycles. The number of hydrogen-bond donors (Lipinski definition) is 0. The molecule has 0 aromatic heterocycles. The van der Waals surface area contributed by atoms with Gasteiger partial charge in [-0.3, -0.25) is 19.3 Å². The summed E-state index contributed by atoms with van der Waals surface area (Å²) in [6.07, 6.45) is -0.576. The molecule has 32 heavy (non-hydrogen) atoms. The number of hydrogen-bond acceptors (Lipinski definition) is 6. The zero-order chi connectivity index (χ0) is 23.5. The summed E-state index contributed by atoms with van der Waals surface area (Å²) < 4.78 is 32.6. The summed E-state index contributed by atoms with van der Waals surface area (Å²) >= 11 is 0. The number of carbonyl (C=O) groups excluding carboxylic acids is 3. The quantitative estimate of drug-likeness (QED) is 0.445. The molecule has 0 N–H and O–H groups in total. The van der Waals surface area contributed by atoms with Gasteiger partial charge < -0.3 is 4.74 Å². The van der Waals surface area contributed by atoms with Gasteiger partial charge >= 0.3 is 0 Å². The summed E-state index contributed by atoms with van der Waals surface area (Å²) in [6.45, 7) is 5.30. The van der Waals surface area contributed by atoms with Crippen molar-refractivity contribution < 1.29 is 27.5 Å². The van der Waals surface area contributed by atoms with Crippen LogP contribution in [-0.4, -0.2) is 61.0 Å². The van der Waals surface area contributed by atoms with Crippen LogP contribution in [0, 0.1) is 0 Å². The van der Waals surface area contributed by atoms with Gasteiger partial charge in [0.1, 0.15) is 5.75 Å². The van der Waals surface area contributed by atoms with Crippen LogP contribution < -0.4 is 4.74 Å². The first-order valence-corrected chi connectivity index (χ1v) is 11.9. The maximum atomic E-state index is 13.0. The molecule has 0 saturated heterocycles. The van der Waals surface area contributed by atoms with E-state index in [4.69, 9.17) is 4.74 Å². The van der Waals surface area contributed by atoms with Crippen LogP contribution >= 0.6 is 0 Å². The monoisotopic (exact) mass is 458 g/mol.